The first kappa shape index (κ1) is 22.9. The molecule has 0 aromatic carbocycles. The molecule has 0 spiro atoms. The Morgan fingerprint density at radius 1 is 0.722 bits per heavy atom. The van der Waals surface area contributed by atoms with Crippen LogP contribution in [0.4, 0.5) is 0 Å². The van der Waals surface area contributed by atoms with Gasteiger partial charge in [-0.1, -0.05) is 7.43 Å². The fourth-order valence-corrected chi connectivity index (χ4v) is 1.35. The molecular weight excluding hydrogens is 226 g/mol. The van der Waals surface area contributed by atoms with Gasteiger partial charge in [-0.25, -0.2) is 0 Å². The van der Waals surface area contributed by atoms with Gasteiger partial charge < -0.3 is 4.90 Å². The van der Waals surface area contributed by atoms with Crippen molar-refractivity contribution in [1.82, 2.24) is 24.5 Å². The lowest BCUT2D eigenvalue weighted by Gasteiger charge is -2.36. The molecule has 5 heteroatoms. The van der Waals surface area contributed by atoms with Crippen LogP contribution in [0.2, 0.25) is 0 Å². The molecule has 0 saturated carbocycles. The lowest BCUT2D eigenvalue weighted by molar-refractivity contribution is 0.0149. The van der Waals surface area contributed by atoms with Gasteiger partial charge in [-0.2, -0.15) is 0 Å². The Labute approximate surface area is 116 Å². The van der Waals surface area contributed by atoms with Crippen molar-refractivity contribution >= 4 is 0 Å². The third-order valence-corrected chi connectivity index (χ3v) is 1.53. The van der Waals surface area contributed by atoms with Crippen LogP contribution in [-0.2, 0) is 0 Å². The lowest BCUT2D eigenvalue weighted by atomic mass is 10.6. The van der Waals surface area contributed by atoms with Crippen molar-refractivity contribution in [2.24, 2.45) is 0 Å². The Morgan fingerprint density at radius 2 is 0.944 bits per heavy atom. The largest absolute Gasteiger partial charge is 0.312 e. The van der Waals surface area contributed by atoms with Gasteiger partial charge in [0.2, 0.25) is 0 Å². The minimum atomic E-state index is 0. The summed E-state index contributed by atoms with van der Waals surface area (Å²) in [6, 6.07) is 0. The lowest BCUT2D eigenvalue weighted by Crippen LogP contribution is -2.50. The van der Waals surface area contributed by atoms with Crippen molar-refractivity contribution in [2.75, 3.05) is 83.4 Å². The normalized spacial score (nSPS) is 15.3. The highest BCUT2D eigenvalue weighted by Gasteiger charge is 2.12. The van der Waals surface area contributed by atoms with Gasteiger partial charge in [0.05, 0.1) is 13.3 Å². The molecule has 0 bridgehead atoms. The Bertz CT molecular complexity index is 139. The molecule has 0 aromatic heterocycles. The third-order valence-electron chi connectivity index (χ3n) is 1.53. The molecular formula is C13H37N5. The van der Waals surface area contributed by atoms with Gasteiger partial charge in [0, 0.05) is 6.67 Å². The Kier molecular flexibility index (Phi) is 16.9. The molecule has 1 rings (SSSR count). The van der Waals surface area contributed by atoms with Crippen LogP contribution in [0.1, 0.15) is 7.43 Å². The predicted molar refractivity (Wildman–Crippen MR) is 83.8 cm³/mol. The SMILES string of the molecule is C.CN(C)C.CN(C)CN(C)C.CN1CN(C)C1. The molecule has 5 nitrogen and oxygen atoms in total. The van der Waals surface area contributed by atoms with Crippen LogP contribution in [0.5, 0.6) is 0 Å². The van der Waals surface area contributed by atoms with E-state index in [4.69, 9.17) is 0 Å². The van der Waals surface area contributed by atoms with Gasteiger partial charge in [-0.15, -0.1) is 0 Å². The monoisotopic (exact) mass is 263 g/mol. The smallest absolute Gasteiger partial charge is 0.0523 e. The molecule has 1 heterocycles. The first-order valence-electron chi connectivity index (χ1n) is 5.92. The summed E-state index contributed by atoms with van der Waals surface area (Å²) in [6.07, 6.45) is 0. The first-order valence-corrected chi connectivity index (χ1v) is 5.92. The molecule has 0 unspecified atom stereocenters. The second-order valence-electron chi connectivity index (χ2n) is 5.64. The first-order chi connectivity index (χ1) is 7.65. The average molecular weight is 263 g/mol. The van der Waals surface area contributed by atoms with Gasteiger partial charge in [0.15, 0.2) is 0 Å². The van der Waals surface area contributed by atoms with E-state index in [2.05, 4.69) is 61.9 Å². The second-order valence-corrected chi connectivity index (χ2v) is 5.64. The molecule has 1 aliphatic heterocycles. The van der Waals surface area contributed by atoms with Crippen molar-refractivity contribution in [2.45, 2.75) is 7.43 Å². The van der Waals surface area contributed by atoms with Gasteiger partial charge in [-0.3, -0.25) is 19.6 Å². The summed E-state index contributed by atoms with van der Waals surface area (Å²) in [7, 11) is 18.4. The van der Waals surface area contributed by atoms with E-state index in [-0.39, 0.29) is 7.43 Å². The van der Waals surface area contributed by atoms with E-state index in [1.807, 2.05) is 26.0 Å². The fourth-order valence-electron chi connectivity index (χ4n) is 1.35. The van der Waals surface area contributed by atoms with Gasteiger partial charge in [-0.05, 0) is 63.4 Å². The predicted octanol–water partition coefficient (Wildman–Crippen LogP) is 0.660. The van der Waals surface area contributed by atoms with E-state index >= 15 is 0 Å². The second kappa shape index (κ2) is 13.2. The standard InChI is InChI=1S/C5H14N2.C4H10N2.C3H9N.CH4/c1-6(2)5-7(3)4;1-5-3-6(2)4-5;1-4(2)3;/h5H2,1-4H3;3-4H2,1-2H3;1-3H3;1H4. The van der Waals surface area contributed by atoms with Crippen molar-refractivity contribution < 1.29 is 0 Å². The van der Waals surface area contributed by atoms with Crippen LogP contribution in [0.15, 0.2) is 0 Å². The molecule has 0 N–H and O–H groups in total. The highest BCUT2D eigenvalue weighted by atomic mass is 15.5. The minimum absolute atomic E-state index is 0. The Morgan fingerprint density at radius 3 is 0.944 bits per heavy atom. The number of nitrogens with zero attached hydrogens (tertiary/aromatic N) is 5. The third kappa shape index (κ3) is 24.9. The number of rotatable bonds is 2. The molecule has 0 atom stereocenters. The van der Waals surface area contributed by atoms with Gasteiger partial charge in [0.25, 0.3) is 0 Å². The van der Waals surface area contributed by atoms with Gasteiger partial charge in [0.1, 0.15) is 0 Å². The van der Waals surface area contributed by atoms with Crippen molar-refractivity contribution in [3.8, 4) is 0 Å². The summed E-state index contributed by atoms with van der Waals surface area (Å²) in [4.78, 5) is 10.8. The highest BCUT2D eigenvalue weighted by Crippen LogP contribution is 1.98. The van der Waals surface area contributed by atoms with E-state index in [9.17, 15) is 0 Å². The van der Waals surface area contributed by atoms with Crippen molar-refractivity contribution in [3.05, 3.63) is 0 Å². The van der Waals surface area contributed by atoms with E-state index in [0.717, 1.165) is 20.0 Å². The van der Waals surface area contributed by atoms with Crippen molar-refractivity contribution in [1.29, 1.82) is 0 Å². The molecule has 1 aliphatic rings. The van der Waals surface area contributed by atoms with E-state index in [1.165, 1.54) is 0 Å². The number of hydrogen-bond acceptors (Lipinski definition) is 5. The van der Waals surface area contributed by atoms with E-state index < -0.39 is 0 Å². The molecule has 0 amide bonds. The van der Waals surface area contributed by atoms with Crippen LogP contribution in [0.3, 0.4) is 0 Å². The Balaban J connectivity index is -0.000000189. The molecule has 0 aromatic rings. The fraction of sp³-hybridized carbons (Fsp3) is 1.00. The maximum atomic E-state index is 2.25. The maximum absolute atomic E-state index is 2.25. The summed E-state index contributed by atoms with van der Waals surface area (Å²) < 4.78 is 0. The quantitative estimate of drug-likeness (QED) is 0.678. The average Bonchev–Trinajstić information content (AvgIpc) is 1.98. The van der Waals surface area contributed by atoms with Crippen LogP contribution >= 0.6 is 0 Å². The molecule has 18 heavy (non-hydrogen) atoms. The van der Waals surface area contributed by atoms with Crippen LogP contribution < -0.4 is 0 Å². The molecule has 1 fully saturated rings. The molecule has 0 radical (unpaired) electrons. The number of hydrogen-bond donors (Lipinski definition) is 0. The summed E-state index contributed by atoms with van der Waals surface area (Å²) in [5, 5.41) is 0. The zero-order valence-corrected chi connectivity index (χ0v) is 13.4. The van der Waals surface area contributed by atoms with Crippen LogP contribution in [-0.4, -0.2) is 108 Å². The zero-order chi connectivity index (χ0) is 14.0. The maximum Gasteiger partial charge on any atom is 0.0523 e. The molecule has 114 valence electrons. The minimum Gasteiger partial charge on any atom is -0.312 e. The van der Waals surface area contributed by atoms with Gasteiger partial charge >= 0.3 is 0 Å². The summed E-state index contributed by atoms with van der Waals surface area (Å²) in [5.74, 6) is 0. The molecule has 1 saturated heterocycles. The van der Waals surface area contributed by atoms with E-state index in [0.29, 0.717) is 0 Å². The van der Waals surface area contributed by atoms with Crippen LogP contribution in [0, 0.1) is 0 Å². The summed E-state index contributed by atoms with van der Waals surface area (Å²) in [5.41, 5.74) is 0. The van der Waals surface area contributed by atoms with Crippen LogP contribution in [0.25, 0.3) is 0 Å². The topological polar surface area (TPSA) is 16.2 Å². The highest BCUT2D eigenvalue weighted by molar-refractivity contribution is 4.58. The summed E-state index contributed by atoms with van der Waals surface area (Å²) in [6.45, 7) is 3.31. The summed E-state index contributed by atoms with van der Waals surface area (Å²) >= 11 is 0. The zero-order valence-electron chi connectivity index (χ0n) is 13.4. The van der Waals surface area contributed by atoms with Crippen molar-refractivity contribution in [3.63, 3.8) is 0 Å². The molecule has 0 aliphatic carbocycles. The van der Waals surface area contributed by atoms with E-state index in [1.54, 1.807) is 0 Å². The Hall–Kier alpha value is -0.200.